The Morgan fingerprint density at radius 1 is 1.62 bits per heavy atom. The van der Waals surface area contributed by atoms with E-state index in [2.05, 4.69) is 5.10 Å². The highest BCUT2D eigenvalue weighted by Crippen LogP contribution is 2.28. The molecule has 66 valence electrons. The van der Waals surface area contributed by atoms with Crippen molar-refractivity contribution in [2.75, 3.05) is 5.73 Å². The average molecular weight is 176 g/mol. The van der Waals surface area contributed by atoms with E-state index >= 15 is 0 Å². The highest BCUT2D eigenvalue weighted by molar-refractivity contribution is 5.88. The van der Waals surface area contributed by atoms with Crippen molar-refractivity contribution in [3.05, 3.63) is 11.3 Å². The van der Waals surface area contributed by atoms with Crippen molar-refractivity contribution in [3.8, 4) is 6.07 Å². The van der Waals surface area contributed by atoms with Gasteiger partial charge in [-0.2, -0.15) is 10.4 Å². The molecule has 0 aromatic carbocycles. The third kappa shape index (κ3) is 0.825. The van der Waals surface area contributed by atoms with Gasteiger partial charge in [0.1, 0.15) is 11.6 Å². The van der Waals surface area contributed by atoms with E-state index in [0.717, 1.165) is 5.69 Å². The zero-order valence-electron chi connectivity index (χ0n) is 7.33. The number of fused-ring (bicyclic) bond motifs is 1. The molecule has 0 atom stereocenters. The Morgan fingerprint density at radius 3 is 2.92 bits per heavy atom. The topological polar surface area (TPSA) is 80.8 Å². The van der Waals surface area contributed by atoms with Crippen LogP contribution in [0.15, 0.2) is 4.42 Å². The minimum Gasteiger partial charge on any atom is -0.421 e. The van der Waals surface area contributed by atoms with Crippen LogP contribution in [0.3, 0.4) is 0 Å². The molecule has 2 N–H and O–H groups in total. The van der Waals surface area contributed by atoms with Crippen LogP contribution in [0.1, 0.15) is 11.3 Å². The molecule has 0 fully saturated rings. The summed E-state index contributed by atoms with van der Waals surface area (Å²) < 4.78 is 6.77. The first-order chi connectivity index (χ1) is 6.15. The minimum absolute atomic E-state index is 0.161. The summed E-state index contributed by atoms with van der Waals surface area (Å²) in [5.41, 5.74) is 7.20. The summed E-state index contributed by atoms with van der Waals surface area (Å²) in [5.74, 6) is 0.161. The summed E-state index contributed by atoms with van der Waals surface area (Å²) in [6.45, 7) is 1.82. The molecule has 0 saturated carbocycles. The van der Waals surface area contributed by atoms with E-state index in [1.54, 1.807) is 11.7 Å². The predicted octanol–water partition coefficient (Wildman–Crippen LogP) is 0.929. The molecule has 0 amide bonds. The lowest BCUT2D eigenvalue weighted by atomic mass is 10.2. The second-order valence-electron chi connectivity index (χ2n) is 2.84. The molecule has 0 unspecified atom stereocenters. The van der Waals surface area contributed by atoms with Crippen molar-refractivity contribution >= 4 is 17.0 Å². The van der Waals surface area contributed by atoms with E-state index in [1.807, 2.05) is 13.0 Å². The number of nitrogens with zero attached hydrogens (tertiary/aromatic N) is 3. The molecule has 0 saturated heterocycles. The summed E-state index contributed by atoms with van der Waals surface area (Å²) in [7, 11) is 1.75. The van der Waals surface area contributed by atoms with Crippen LogP contribution in [0.5, 0.6) is 0 Å². The zero-order valence-corrected chi connectivity index (χ0v) is 7.33. The molecule has 2 aromatic heterocycles. The highest BCUT2D eigenvalue weighted by atomic mass is 16.4. The quantitative estimate of drug-likeness (QED) is 0.647. The van der Waals surface area contributed by atoms with Crippen LogP contribution in [0.4, 0.5) is 5.88 Å². The lowest BCUT2D eigenvalue weighted by Crippen LogP contribution is -1.90. The second kappa shape index (κ2) is 2.26. The molecule has 5 nitrogen and oxygen atoms in total. The van der Waals surface area contributed by atoms with Gasteiger partial charge in [-0.25, -0.2) is 4.68 Å². The van der Waals surface area contributed by atoms with E-state index in [4.69, 9.17) is 15.4 Å². The van der Waals surface area contributed by atoms with Crippen molar-refractivity contribution < 1.29 is 4.42 Å². The number of furan rings is 1. The van der Waals surface area contributed by atoms with E-state index in [1.165, 1.54) is 0 Å². The van der Waals surface area contributed by atoms with Gasteiger partial charge in [0.25, 0.3) is 0 Å². The summed E-state index contributed by atoms with van der Waals surface area (Å²) >= 11 is 0. The van der Waals surface area contributed by atoms with Gasteiger partial charge in [0, 0.05) is 7.05 Å². The zero-order chi connectivity index (χ0) is 9.59. The molecule has 0 aliphatic rings. The first-order valence-electron chi connectivity index (χ1n) is 3.76. The van der Waals surface area contributed by atoms with Gasteiger partial charge in [-0.15, -0.1) is 0 Å². The Labute approximate surface area is 74.3 Å². The lowest BCUT2D eigenvalue weighted by Gasteiger charge is -1.87. The number of rotatable bonds is 0. The van der Waals surface area contributed by atoms with Gasteiger partial charge in [0.15, 0.2) is 0 Å². The fourth-order valence-corrected chi connectivity index (χ4v) is 1.43. The van der Waals surface area contributed by atoms with E-state index in [9.17, 15) is 0 Å². The molecule has 0 radical (unpaired) electrons. The van der Waals surface area contributed by atoms with Crippen molar-refractivity contribution in [1.82, 2.24) is 9.78 Å². The van der Waals surface area contributed by atoms with Crippen molar-refractivity contribution in [1.29, 1.82) is 5.26 Å². The number of nitrogen functional groups attached to an aromatic ring is 1. The fourth-order valence-electron chi connectivity index (χ4n) is 1.43. The van der Waals surface area contributed by atoms with Crippen molar-refractivity contribution in [3.63, 3.8) is 0 Å². The summed E-state index contributed by atoms with van der Waals surface area (Å²) in [6.07, 6.45) is 0. The van der Waals surface area contributed by atoms with Gasteiger partial charge in [0.2, 0.25) is 11.6 Å². The van der Waals surface area contributed by atoms with Crippen LogP contribution in [-0.2, 0) is 7.05 Å². The number of nitriles is 1. The van der Waals surface area contributed by atoms with Crippen LogP contribution in [0, 0.1) is 18.3 Å². The summed E-state index contributed by atoms with van der Waals surface area (Å²) in [5, 5.41) is 13.6. The largest absolute Gasteiger partial charge is 0.421 e. The molecular formula is C8H8N4O. The molecule has 0 aliphatic carbocycles. The van der Waals surface area contributed by atoms with Gasteiger partial charge in [0.05, 0.1) is 11.1 Å². The monoisotopic (exact) mass is 176 g/mol. The normalized spacial score (nSPS) is 10.5. The predicted molar refractivity (Wildman–Crippen MR) is 46.8 cm³/mol. The van der Waals surface area contributed by atoms with Crippen molar-refractivity contribution in [2.24, 2.45) is 7.05 Å². The first-order valence-corrected chi connectivity index (χ1v) is 3.76. The summed E-state index contributed by atoms with van der Waals surface area (Å²) in [6, 6.07) is 2.00. The number of hydrogen-bond donors (Lipinski definition) is 1. The van der Waals surface area contributed by atoms with Crippen LogP contribution in [-0.4, -0.2) is 9.78 Å². The number of hydrogen-bond acceptors (Lipinski definition) is 4. The maximum atomic E-state index is 8.81. The second-order valence-corrected chi connectivity index (χ2v) is 2.84. The standard InChI is InChI=1S/C8H8N4O/c1-4-6-5(3-9)7(10)13-8(6)12(2)11-4/h10H2,1-2H3. The smallest absolute Gasteiger partial charge is 0.228 e. The lowest BCUT2D eigenvalue weighted by molar-refractivity contribution is 0.582. The Morgan fingerprint density at radius 2 is 2.31 bits per heavy atom. The maximum absolute atomic E-state index is 8.81. The Balaban J connectivity index is 2.99. The van der Waals surface area contributed by atoms with Gasteiger partial charge in [-0.05, 0) is 6.92 Å². The van der Waals surface area contributed by atoms with Crippen LogP contribution in [0.25, 0.3) is 11.1 Å². The molecular weight excluding hydrogens is 168 g/mol. The first kappa shape index (κ1) is 7.68. The molecule has 13 heavy (non-hydrogen) atoms. The van der Waals surface area contributed by atoms with Crippen LogP contribution >= 0.6 is 0 Å². The fraction of sp³-hybridized carbons (Fsp3) is 0.250. The maximum Gasteiger partial charge on any atom is 0.228 e. The van der Waals surface area contributed by atoms with Gasteiger partial charge >= 0.3 is 0 Å². The Kier molecular flexibility index (Phi) is 1.34. The summed E-state index contributed by atoms with van der Waals surface area (Å²) in [4.78, 5) is 0. The van der Waals surface area contributed by atoms with E-state index in [0.29, 0.717) is 16.7 Å². The third-order valence-corrected chi connectivity index (χ3v) is 1.98. The van der Waals surface area contributed by atoms with Gasteiger partial charge in [-0.1, -0.05) is 0 Å². The third-order valence-electron chi connectivity index (χ3n) is 1.98. The van der Waals surface area contributed by atoms with Crippen molar-refractivity contribution in [2.45, 2.75) is 6.92 Å². The van der Waals surface area contributed by atoms with Gasteiger partial charge in [-0.3, -0.25) is 0 Å². The SMILES string of the molecule is Cc1nn(C)c2oc(N)c(C#N)c12. The highest BCUT2D eigenvalue weighted by Gasteiger charge is 2.17. The molecule has 5 heteroatoms. The number of aromatic nitrogens is 2. The molecule has 0 bridgehead atoms. The molecule has 0 spiro atoms. The van der Waals surface area contributed by atoms with Gasteiger partial charge < -0.3 is 10.2 Å². The van der Waals surface area contributed by atoms with Crippen LogP contribution in [0.2, 0.25) is 0 Å². The molecule has 0 aliphatic heterocycles. The number of aryl methyl sites for hydroxylation is 2. The Hall–Kier alpha value is -1.96. The number of anilines is 1. The van der Waals surface area contributed by atoms with E-state index < -0.39 is 0 Å². The average Bonchev–Trinajstić information content (AvgIpc) is 2.52. The molecule has 2 heterocycles. The van der Waals surface area contributed by atoms with E-state index in [-0.39, 0.29) is 5.88 Å². The van der Waals surface area contributed by atoms with Crippen LogP contribution < -0.4 is 5.73 Å². The molecule has 2 aromatic rings. The molecule has 2 rings (SSSR count). The Bertz CT molecular complexity index is 514. The minimum atomic E-state index is 0.161. The number of nitrogens with two attached hydrogens (primary N) is 1.